The third kappa shape index (κ3) is 2.86. The van der Waals surface area contributed by atoms with E-state index in [9.17, 15) is 9.59 Å². The Morgan fingerprint density at radius 3 is 2.40 bits per heavy atom. The maximum Gasteiger partial charge on any atom is 0.334 e. The number of aliphatic carboxylic acids is 1. The van der Waals surface area contributed by atoms with Crippen molar-refractivity contribution >= 4 is 28.3 Å². The molecule has 2 aromatic rings. The van der Waals surface area contributed by atoms with Crippen LogP contribution >= 0.6 is 0 Å². The van der Waals surface area contributed by atoms with E-state index in [2.05, 4.69) is 5.32 Å². The molecular formula is C14H14N2O4. The van der Waals surface area contributed by atoms with Crippen LogP contribution < -0.4 is 11.1 Å². The van der Waals surface area contributed by atoms with Gasteiger partial charge >= 0.3 is 5.97 Å². The minimum Gasteiger partial charge on any atom is -0.479 e. The molecule has 2 aromatic carbocycles. The molecule has 5 N–H and O–H groups in total. The SMILES string of the molecule is Nc1cc2ccccc2cc1C(=O)NC[C@H](O)C(=O)O. The van der Waals surface area contributed by atoms with Crippen molar-refractivity contribution in [1.29, 1.82) is 0 Å². The summed E-state index contributed by atoms with van der Waals surface area (Å²) in [6.45, 7) is -0.375. The van der Waals surface area contributed by atoms with E-state index in [1.54, 1.807) is 12.1 Å². The molecule has 1 atom stereocenters. The Labute approximate surface area is 114 Å². The van der Waals surface area contributed by atoms with Crippen molar-refractivity contribution < 1.29 is 19.8 Å². The first kappa shape index (κ1) is 13.8. The van der Waals surface area contributed by atoms with Gasteiger partial charge < -0.3 is 21.3 Å². The number of anilines is 1. The van der Waals surface area contributed by atoms with Crippen LogP contribution in [0.25, 0.3) is 10.8 Å². The molecule has 0 unspecified atom stereocenters. The Bertz CT molecular complexity index is 669. The van der Waals surface area contributed by atoms with Gasteiger partial charge in [0.05, 0.1) is 12.1 Å². The summed E-state index contributed by atoms with van der Waals surface area (Å²) in [7, 11) is 0. The third-order valence-electron chi connectivity index (χ3n) is 2.90. The van der Waals surface area contributed by atoms with E-state index in [4.69, 9.17) is 15.9 Å². The number of amides is 1. The van der Waals surface area contributed by atoms with Gasteiger partial charge in [-0.15, -0.1) is 0 Å². The second-order valence-corrected chi connectivity index (χ2v) is 4.35. The first-order chi connectivity index (χ1) is 9.49. The van der Waals surface area contributed by atoms with Gasteiger partial charge in [-0.3, -0.25) is 4.79 Å². The Kier molecular flexibility index (Phi) is 3.86. The lowest BCUT2D eigenvalue weighted by molar-refractivity contribution is -0.146. The molecule has 0 heterocycles. The molecule has 20 heavy (non-hydrogen) atoms. The molecule has 6 nitrogen and oxygen atoms in total. The van der Waals surface area contributed by atoms with Crippen molar-refractivity contribution in [3.63, 3.8) is 0 Å². The molecule has 0 fully saturated rings. The van der Waals surface area contributed by atoms with Gasteiger partial charge in [0, 0.05) is 5.69 Å². The van der Waals surface area contributed by atoms with Crippen LogP contribution in [0.15, 0.2) is 36.4 Å². The molecule has 0 saturated carbocycles. The van der Waals surface area contributed by atoms with E-state index < -0.39 is 18.0 Å². The number of nitrogens with two attached hydrogens (primary N) is 1. The Morgan fingerprint density at radius 1 is 1.20 bits per heavy atom. The largest absolute Gasteiger partial charge is 0.479 e. The smallest absolute Gasteiger partial charge is 0.334 e. The lowest BCUT2D eigenvalue weighted by atomic mass is 10.0. The number of aliphatic hydroxyl groups is 1. The lowest BCUT2D eigenvalue weighted by Gasteiger charge is -2.10. The normalized spacial score (nSPS) is 12.1. The van der Waals surface area contributed by atoms with Crippen molar-refractivity contribution in [3.05, 3.63) is 42.0 Å². The molecule has 6 heteroatoms. The Balaban J connectivity index is 2.21. The zero-order valence-electron chi connectivity index (χ0n) is 10.5. The number of carbonyl (C=O) groups is 2. The molecule has 0 aliphatic rings. The highest BCUT2D eigenvalue weighted by Crippen LogP contribution is 2.21. The fraction of sp³-hybridized carbons (Fsp3) is 0.143. The van der Waals surface area contributed by atoms with Crippen LogP contribution in [0.1, 0.15) is 10.4 Å². The van der Waals surface area contributed by atoms with Crippen LogP contribution in [0.3, 0.4) is 0 Å². The standard InChI is InChI=1S/C14H14N2O4/c15-11-6-9-4-2-1-3-8(9)5-10(11)13(18)16-7-12(17)14(19)20/h1-6,12,17H,7,15H2,(H,16,18)(H,19,20)/t12-/m0/s1. The van der Waals surface area contributed by atoms with Gasteiger partial charge in [-0.25, -0.2) is 4.79 Å². The molecule has 0 spiro atoms. The fourth-order valence-corrected chi connectivity index (χ4v) is 1.83. The van der Waals surface area contributed by atoms with E-state index in [0.717, 1.165) is 10.8 Å². The van der Waals surface area contributed by atoms with Gasteiger partial charge in [-0.2, -0.15) is 0 Å². The monoisotopic (exact) mass is 274 g/mol. The van der Waals surface area contributed by atoms with E-state index in [1.165, 1.54) is 0 Å². The van der Waals surface area contributed by atoms with Gasteiger partial charge in [0.15, 0.2) is 6.10 Å². The number of nitrogens with one attached hydrogen (secondary N) is 1. The molecular weight excluding hydrogens is 260 g/mol. The summed E-state index contributed by atoms with van der Waals surface area (Å²) in [4.78, 5) is 22.4. The summed E-state index contributed by atoms with van der Waals surface area (Å²) in [6, 6.07) is 10.7. The number of fused-ring (bicyclic) bond motifs is 1. The number of carbonyl (C=O) groups excluding carboxylic acids is 1. The van der Waals surface area contributed by atoms with Crippen molar-refractivity contribution in [2.24, 2.45) is 0 Å². The topological polar surface area (TPSA) is 113 Å². The predicted molar refractivity (Wildman–Crippen MR) is 74.3 cm³/mol. The summed E-state index contributed by atoms with van der Waals surface area (Å²) in [5.74, 6) is -1.91. The van der Waals surface area contributed by atoms with Crippen molar-refractivity contribution in [2.75, 3.05) is 12.3 Å². The highest BCUT2D eigenvalue weighted by molar-refractivity contribution is 6.04. The first-order valence-electron chi connectivity index (χ1n) is 5.96. The fourth-order valence-electron chi connectivity index (χ4n) is 1.83. The molecule has 104 valence electrons. The van der Waals surface area contributed by atoms with Crippen LogP contribution in [0.4, 0.5) is 5.69 Å². The van der Waals surface area contributed by atoms with Gasteiger partial charge in [-0.05, 0) is 22.9 Å². The van der Waals surface area contributed by atoms with Crippen LogP contribution in [0.5, 0.6) is 0 Å². The molecule has 0 aromatic heterocycles. The van der Waals surface area contributed by atoms with E-state index in [1.807, 2.05) is 24.3 Å². The highest BCUT2D eigenvalue weighted by Gasteiger charge is 2.16. The van der Waals surface area contributed by atoms with Crippen LogP contribution in [0.2, 0.25) is 0 Å². The van der Waals surface area contributed by atoms with E-state index >= 15 is 0 Å². The maximum absolute atomic E-state index is 11.9. The highest BCUT2D eigenvalue weighted by atomic mass is 16.4. The minimum atomic E-state index is -1.64. The van der Waals surface area contributed by atoms with E-state index in [0.29, 0.717) is 5.69 Å². The van der Waals surface area contributed by atoms with Crippen molar-refractivity contribution in [3.8, 4) is 0 Å². The van der Waals surface area contributed by atoms with Gasteiger partial charge in [0.2, 0.25) is 0 Å². The summed E-state index contributed by atoms with van der Waals surface area (Å²) in [6.07, 6.45) is -1.64. The number of hydrogen-bond donors (Lipinski definition) is 4. The zero-order chi connectivity index (χ0) is 14.7. The van der Waals surface area contributed by atoms with Gasteiger partial charge in [0.25, 0.3) is 5.91 Å². The van der Waals surface area contributed by atoms with Crippen molar-refractivity contribution in [1.82, 2.24) is 5.32 Å². The second kappa shape index (κ2) is 5.58. The molecule has 0 aliphatic carbocycles. The molecule has 2 rings (SSSR count). The predicted octanol–water partition coefficient (Wildman–Crippen LogP) is 0.597. The zero-order valence-corrected chi connectivity index (χ0v) is 10.5. The summed E-state index contributed by atoms with van der Waals surface area (Å²) in [5.41, 5.74) is 6.36. The quantitative estimate of drug-likeness (QED) is 0.610. The summed E-state index contributed by atoms with van der Waals surface area (Å²) >= 11 is 0. The van der Waals surface area contributed by atoms with Crippen LogP contribution in [-0.2, 0) is 4.79 Å². The molecule has 0 saturated heterocycles. The summed E-state index contributed by atoms with van der Waals surface area (Å²) < 4.78 is 0. The van der Waals surface area contributed by atoms with Crippen LogP contribution in [-0.4, -0.2) is 34.7 Å². The average Bonchev–Trinajstić information content (AvgIpc) is 2.43. The van der Waals surface area contributed by atoms with Gasteiger partial charge in [-0.1, -0.05) is 24.3 Å². The number of carboxylic acid groups (broad SMARTS) is 1. The average molecular weight is 274 g/mol. The molecule has 0 aliphatic heterocycles. The van der Waals surface area contributed by atoms with Crippen LogP contribution in [0, 0.1) is 0 Å². The molecule has 0 bridgehead atoms. The molecule has 1 amide bonds. The summed E-state index contributed by atoms with van der Waals surface area (Å²) in [5, 5.41) is 21.8. The van der Waals surface area contributed by atoms with Gasteiger partial charge in [0.1, 0.15) is 0 Å². The lowest BCUT2D eigenvalue weighted by Crippen LogP contribution is -2.36. The number of benzene rings is 2. The number of carboxylic acids is 1. The van der Waals surface area contributed by atoms with E-state index in [-0.39, 0.29) is 12.1 Å². The minimum absolute atomic E-state index is 0.251. The number of rotatable bonds is 4. The molecule has 0 radical (unpaired) electrons. The third-order valence-corrected chi connectivity index (χ3v) is 2.90. The second-order valence-electron chi connectivity index (χ2n) is 4.35. The number of nitrogen functional groups attached to an aromatic ring is 1. The van der Waals surface area contributed by atoms with Crippen molar-refractivity contribution in [2.45, 2.75) is 6.10 Å². The Morgan fingerprint density at radius 2 is 1.80 bits per heavy atom. The number of hydrogen-bond acceptors (Lipinski definition) is 4. The Hall–Kier alpha value is -2.60. The maximum atomic E-state index is 11.9. The first-order valence-corrected chi connectivity index (χ1v) is 5.96. The number of aliphatic hydroxyl groups excluding tert-OH is 1.